The SMILES string of the molecule is Cc1nc(CCNC(=O)C2CCCN(C3CCCC3)C2)cc(=O)[nH]1. The number of likely N-dealkylation sites (tertiary alicyclic amines) is 1. The summed E-state index contributed by atoms with van der Waals surface area (Å²) in [6, 6.07) is 2.20. The Bertz CT molecular complexity index is 622. The molecule has 0 aromatic carbocycles. The van der Waals surface area contributed by atoms with Crippen molar-refractivity contribution < 1.29 is 4.79 Å². The zero-order valence-corrected chi connectivity index (χ0v) is 14.5. The van der Waals surface area contributed by atoms with Crippen molar-refractivity contribution in [1.29, 1.82) is 0 Å². The molecule has 0 radical (unpaired) electrons. The first-order valence-corrected chi connectivity index (χ1v) is 9.20. The van der Waals surface area contributed by atoms with Crippen molar-refractivity contribution in [2.75, 3.05) is 19.6 Å². The highest BCUT2D eigenvalue weighted by Crippen LogP contribution is 2.27. The zero-order valence-electron chi connectivity index (χ0n) is 14.5. The molecule has 1 aliphatic carbocycles. The summed E-state index contributed by atoms with van der Waals surface area (Å²) in [7, 11) is 0. The van der Waals surface area contributed by atoms with Gasteiger partial charge in [-0.15, -0.1) is 0 Å². The van der Waals surface area contributed by atoms with Crippen molar-refractivity contribution in [2.24, 2.45) is 5.92 Å². The molecule has 1 saturated heterocycles. The van der Waals surface area contributed by atoms with Gasteiger partial charge >= 0.3 is 0 Å². The Kier molecular flexibility index (Phi) is 5.66. The molecule has 1 saturated carbocycles. The number of nitrogens with zero attached hydrogens (tertiary/aromatic N) is 2. The van der Waals surface area contributed by atoms with Crippen LogP contribution in [0.2, 0.25) is 0 Å². The Balaban J connectivity index is 1.46. The van der Waals surface area contributed by atoms with E-state index in [4.69, 9.17) is 0 Å². The number of nitrogens with one attached hydrogen (secondary N) is 2. The first kappa shape index (κ1) is 17.1. The summed E-state index contributed by atoms with van der Waals surface area (Å²) in [5.41, 5.74) is 0.594. The quantitative estimate of drug-likeness (QED) is 0.854. The number of rotatable bonds is 5. The van der Waals surface area contributed by atoms with Crippen molar-refractivity contribution in [3.63, 3.8) is 0 Å². The predicted molar refractivity (Wildman–Crippen MR) is 92.9 cm³/mol. The number of aromatic amines is 1. The van der Waals surface area contributed by atoms with E-state index in [0.29, 0.717) is 24.8 Å². The van der Waals surface area contributed by atoms with E-state index in [-0.39, 0.29) is 17.4 Å². The maximum Gasteiger partial charge on any atom is 0.251 e. The molecule has 2 heterocycles. The first-order chi connectivity index (χ1) is 11.6. The van der Waals surface area contributed by atoms with Gasteiger partial charge in [-0.3, -0.25) is 14.5 Å². The van der Waals surface area contributed by atoms with Gasteiger partial charge < -0.3 is 10.3 Å². The predicted octanol–water partition coefficient (Wildman–Crippen LogP) is 1.39. The van der Waals surface area contributed by atoms with Gasteiger partial charge in [0.1, 0.15) is 5.82 Å². The second kappa shape index (κ2) is 7.92. The highest BCUT2D eigenvalue weighted by atomic mass is 16.2. The molecule has 2 N–H and O–H groups in total. The average molecular weight is 332 g/mol. The summed E-state index contributed by atoms with van der Waals surface area (Å²) < 4.78 is 0. The number of piperidine rings is 1. The molecular formula is C18H28N4O2. The lowest BCUT2D eigenvalue weighted by Gasteiger charge is -2.36. The lowest BCUT2D eigenvalue weighted by Crippen LogP contribution is -2.46. The van der Waals surface area contributed by atoms with Crippen LogP contribution in [0.5, 0.6) is 0 Å². The number of aromatic nitrogens is 2. The van der Waals surface area contributed by atoms with Crippen LogP contribution < -0.4 is 10.9 Å². The number of hydrogen-bond acceptors (Lipinski definition) is 4. The fourth-order valence-corrected chi connectivity index (χ4v) is 4.05. The number of H-pyrrole nitrogens is 1. The largest absolute Gasteiger partial charge is 0.355 e. The van der Waals surface area contributed by atoms with Crippen LogP contribution in [0.25, 0.3) is 0 Å². The normalized spacial score (nSPS) is 22.6. The Labute approximate surface area is 143 Å². The van der Waals surface area contributed by atoms with Crippen molar-refractivity contribution in [3.8, 4) is 0 Å². The third-order valence-electron chi connectivity index (χ3n) is 5.26. The highest BCUT2D eigenvalue weighted by molar-refractivity contribution is 5.78. The average Bonchev–Trinajstić information content (AvgIpc) is 3.08. The van der Waals surface area contributed by atoms with Gasteiger partial charge in [0.2, 0.25) is 5.91 Å². The molecule has 0 spiro atoms. The van der Waals surface area contributed by atoms with Crippen LogP contribution in [0, 0.1) is 12.8 Å². The van der Waals surface area contributed by atoms with Gasteiger partial charge in [-0.05, 0) is 39.2 Å². The topological polar surface area (TPSA) is 78.1 Å². The summed E-state index contributed by atoms with van der Waals surface area (Å²) in [5.74, 6) is 0.871. The van der Waals surface area contributed by atoms with Crippen molar-refractivity contribution >= 4 is 5.91 Å². The van der Waals surface area contributed by atoms with E-state index in [2.05, 4.69) is 20.2 Å². The molecule has 1 atom stereocenters. The lowest BCUT2D eigenvalue weighted by molar-refractivity contribution is -0.127. The molecule has 1 aliphatic heterocycles. The van der Waals surface area contributed by atoms with Gasteiger partial charge in [-0.25, -0.2) is 4.98 Å². The minimum atomic E-state index is -0.136. The van der Waals surface area contributed by atoms with Crippen LogP contribution in [0.3, 0.4) is 0 Å². The minimum Gasteiger partial charge on any atom is -0.355 e. The maximum absolute atomic E-state index is 12.5. The van der Waals surface area contributed by atoms with Crippen molar-refractivity contribution in [3.05, 3.63) is 27.9 Å². The molecule has 3 rings (SSSR count). The van der Waals surface area contributed by atoms with Crippen molar-refractivity contribution in [2.45, 2.75) is 57.9 Å². The molecule has 1 aromatic rings. The molecule has 24 heavy (non-hydrogen) atoms. The molecule has 6 heteroatoms. The highest BCUT2D eigenvalue weighted by Gasteiger charge is 2.30. The summed E-state index contributed by atoms with van der Waals surface area (Å²) >= 11 is 0. The van der Waals surface area contributed by atoms with Gasteiger partial charge in [0, 0.05) is 37.3 Å². The monoisotopic (exact) mass is 332 g/mol. The van der Waals surface area contributed by atoms with E-state index in [1.807, 2.05) is 0 Å². The molecule has 1 unspecified atom stereocenters. The Morgan fingerprint density at radius 2 is 2.12 bits per heavy atom. The molecule has 1 amide bonds. The molecule has 1 aromatic heterocycles. The summed E-state index contributed by atoms with van der Waals surface area (Å²) in [5, 5.41) is 3.03. The van der Waals surface area contributed by atoms with E-state index < -0.39 is 0 Å². The number of carbonyl (C=O) groups excluding carboxylic acids is 1. The molecular weight excluding hydrogens is 304 g/mol. The molecule has 0 bridgehead atoms. The smallest absolute Gasteiger partial charge is 0.251 e. The Morgan fingerprint density at radius 1 is 1.33 bits per heavy atom. The van der Waals surface area contributed by atoms with E-state index >= 15 is 0 Å². The zero-order chi connectivity index (χ0) is 16.9. The number of hydrogen-bond donors (Lipinski definition) is 2. The van der Waals surface area contributed by atoms with Crippen LogP contribution in [-0.2, 0) is 11.2 Å². The lowest BCUT2D eigenvalue weighted by atomic mass is 9.95. The van der Waals surface area contributed by atoms with Gasteiger partial charge in [-0.2, -0.15) is 0 Å². The van der Waals surface area contributed by atoms with Crippen LogP contribution in [0.15, 0.2) is 10.9 Å². The maximum atomic E-state index is 12.5. The Hall–Kier alpha value is -1.69. The van der Waals surface area contributed by atoms with Gasteiger partial charge in [0.25, 0.3) is 5.56 Å². The van der Waals surface area contributed by atoms with Gasteiger partial charge in [0.05, 0.1) is 5.92 Å². The van der Waals surface area contributed by atoms with E-state index in [0.717, 1.165) is 31.6 Å². The second-order valence-electron chi connectivity index (χ2n) is 7.14. The molecule has 6 nitrogen and oxygen atoms in total. The third kappa shape index (κ3) is 4.44. The fourth-order valence-electron chi connectivity index (χ4n) is 4.05. The summed E-state index contributed by atoms with van der Waals surface area (Å²) in [6.45, 7) is 4.35. The third-order valence-corrected chi connectivity index (χ3v) is 5.26. The first-order valence-electron chi connectivity index (χ1n) is 9.20. The van der Waals surface area contributed by atoms with Gasteiger partial charge in [0.15, 0.2) is 0 Å². The van der Waals surface area contributed by atoms with Crippen LogP contribution in [-0.4, -0.2) is 46.5 Å². The standard InChI is InChI=1S/C18H28N4O2/c1-13-20-15(11-17(23)21-13)8-9-19-18(24)14-5-4-10-22(12-14)16-6-2-3-7-16/h11,14,16H,2-10,12H2,1H3,(H,19,24)(H,20,21,23). The van der Waals surface area contributed by atoms with Crippen molar-refractivity contribution in [1.82, 2.24) is 20.2 Å². The second-order valence-corrected chi connectivity index (χ2v) is 7.14. The molecule has 132 valence electrons. The number of amides is 1. The van der Waals surface area contributed by atoms with Crippen LogP contribution >= 0.6 is 0 Å². The number of carbonyl (C=O) groups is 1. The minimum absolute atomic E-state index is 0.105. The van der Waals surface area contributed by atoms with E-state index in [1.54, 1.807) is 6.92 Å². The van der Waals surface area contributed by atoms with E-state index in [1.165, 1.54) is 31.7 Å². The molecule has 2 aliphatic rings. The Morgan fingerprint density at radius 3 is 2.88 bits per heavy atom. The van der Waals surface area contributed by atoms with E-state index in [9.17, 15) is 9.59 Å². The summed E-state index contributed by atoms with van der Waals surface area (Å²) in [4.78, 5) is 33.3. The number of aryl methyl sites for hydroxylation is 1. The fraction of sp³-hybridized carbons (Fsp3) is 0.722. The van der Waals surface area contributed by atoms with Gasteiger partial charge in [-0.1, -0.05) is 12.8 Å². The van der Waals surface area contributed by atoms with Crippen LogP contribution in [0.1, 0.15) is 50.0 Å². The van der Waals surface area contributed by atoms with Crippen LogP contribution in [0.4, 0.5) is 0 Å². The molecule has 2 fully saturated rings. The summed E-state index contributed by atoms with van der Waals surface area (Å²) in [6.07, 6.45) is 7.95.